The molecular weight excluding hydrogens is 336 g/mol. The molecule has 5 nitrogen and oxygen atoms in total. The van der Waals surface area contributed by atoms with Crippen molar-refractivity contribution < 1.29 is 14.6 Å². The highest BCUT2D eigenvalue weighted by atomic mass is 32.2. The molecule has 0 saturated heterocycles. The number of carboxylic acid groups (broad SMARTS) is 1. The van der Waals surface area contributed by atoms with Crippen molar-refractivity contribution in [2.45, 2.75) is 49.2 Å². The van der Waals surface area contributed by atoms with E-state index in [1.165, 1.54) is 18.4 Å². The lowest BCUT2D eigenvalue weighted by molar-refractivity contribution is -0.139. The summed E-state index contributed by atoms with van der Waals surface area (Å²) >= 11 is 1.69. The zero-order valence-corrected chi connectivity index (χ0v) is 15.8. The third-order valence-corrected chi connectivity index (χ3v) is 5.98. The van der Waals surface area contributed by atoms with Gasteiger partial charge in [0.25, 0.3) is 0 Å². The number of methoxy groups -OCH3 is 1. The quantitative estimate of drug-likeness (QED) is 0.623. The second-order valence-corrected chi connectivity index (χ2v) is 8.01. The molecule has 138 valence electrons. The molecule has 2 saturated carbocycles. The molecule has 6 heteroatoms. The first-order valence-corrected chi connectivity index (χ1v) is 10.2. The third kappa shape index (κ3) is 5.12. The van der Waals surface area contributed by atoms with Crippen molar-refractivity contribution in [3.05, 3.63) is 23.8 Å². The van der Waals surface area contributed by atoms with Gasteiger partial charge in [0.2, 0.25) is 0 Å². The number of aliphatic carboxylic acids is 1. The Kier molecular flexibility index (Phi) is 6.25. The van der Waals surface area contributed by atoms with Gasteiger partial charge in [-0.05, 0) is 55.6 Å². The van der Waals surface area contributed by atoms with E-state index < -0.39 is 5.97 Å². The zero-order chi connectivity index (χ0) is 17.8. The standard InChI is InChI=1S/C19H28N2O3S/c1-24-17-7-14(5-6-18(17)25-2)10-20-15-8-16(9-15)21(12-19(22)23)11-13-3-4-13/h5-7,13,15-16,20H,3-4,8-12H2,1-2H3,(H,22,23). The maximum Gasteiger partial charge on any atom is 0.317 e. The van der Waals surface area contributed by atoms with Gasteiger partial charge >= 0.3 is 5.97 Å². The number of carbonyl (C=O) groups is 1. The zero-order valence-electron chi connectivity index (χ0n) is 15.0. The summed E-state index contributed by atoms with van der Waals surface area (Å²) in [4.78, 5) is 14.4. The first kappa shape index (κ1) is 18.5. The number of hydrogen-bond acceptors (Lipinski definition) is 5. The maximum absolute atomic E-state index is 11.1. The van der Waals surface area contributed by atoms with Crippen molar-refractivity contribution in [1.29, 1.82) is 0 Å². The van der Waals surface area contributed by atoms with Crippen molar-refractivity contribution in [3.63, 3.8) is 0 Å². The summed E-state index contributed by atoms with van der Waals surface area (Å²) in [5, 5.41) is 12.7. The molecule has 1 aromatic carbocycles. The number of rotatable bonds is 10. The predicted molar refractivity (Wildman–Crippen MR) is 100 cm³/mol. The number of nitrogens with zero attached hydrogens (tertiary/aromatic N) is 1. The summed E-state index contributed by atoms with van der Waals surface area (Å²) in [6.45, 7) is 1.96. The van der Waals surface area contributed by atoms with Gasteiger partial charge in [0.05, 0.1) is 13.7 Å². The van der Waals surface area contributed by atoms with E-state index in [0.29, 0.717) is 12.1 Å². The fourth-order valence-corrected chi connectivity index (χ4v) is 4.00. The molecule has 0 atom stereocenters. The lowest BCUT2D eigenvalue weighted by Crippen LogP contribution is -2.54. The molecule has 0 spiro atoms. The van der Waals surface area contributed by atoms with Gasteiger partial charge in [-0.15, -0.1) is 11.8 Å². The molecule has 0 aromatic heterocycles. The Balaban J connectivity index is 1.45. The van der Waals surface area contributed by atoms with E-state index in [1.54, 1.807) is 18.9 Å². The van der Waals surface area contributed by atoms with Crippen molar-refractivity contribution >= 4 is 17.7 Å². The van der Waals surface area contributed by atoms with Crippen molar-refractivity contribution in [2.24, 2.45) is 5.92 Å². The van der Waals surface area contributed by atoms with E-state index in [0.717, 1.165) is 42.5 Å². The Morgan fingerprint density at radius 2 is 2.16 bits per heavy atom. The molecule has 25 heavy (non-hydrogen) atoms. The minimum atomic E-state index is -0.710. The molecular formula is C19H28N2O3S. The normalized spacial score (nSPS) is 22.7. The summed E-state index contributed by atoms with van der Waals surface area (Å²) < 4.78 is 5.44. The lowest BCUT2D eigenvalue weighted by Gasteiger charge is -2.43. The molecule has 0 radical (unpaired) electrons. The van der Waals surface area contributed by atoms with Crippen molar-refractivity contribution in [2.75, 3.05) is 26.5 Å². The lowest BCUT2D eigenvalue weighted by atomic mass is 9.85. The topological polar surface area (TPSA) is 61.8 Å². The van der Waals surface area contributed by atoms with Crippen LogP contribution in [-0.2, 0) is 11.3 Å². The van der Waals surface area contributed by atoms with E-state index >= 15 is 0 Å². The van der Waals surface area contributed by atoms with E-state index in [9.17, 15) is 4.79 Å². The van der Waals surface area contributed by atoms with E-state index in [-0.39, 0.29) is 6.54 Å². The molecule has 0 bridgehead atoms. The minimum Gasteiger partial charge on any atom is -0.496 e. The van der Waals surface area contributed by atoms with Gasteiger partial charge < -0.3 is 15.2 Å². The van der Waals surface area contributed by atoms with Crippen LogP contribution in [0.15, 0.2) is 23.1 Å². The van der Waals surface area contributed by atoms with Crippen molar-refractivity contribution in [3.8, 4) is 5.75 Å². The molecule has 2 aliphatic rings. The van der Waals surface area contributed by atoms with Gasteiger partial charge in [-0.2, -0.15) is 0 Å². The van der Waals surface area contributed by atoms with Gasteiger partial charge in [0.1, 0.15) is 5.75 Å². The van der Waals surface area contributed by atoms with Crippen LogP contribution in [0.25, 0.3) is 0 Å². The second kappa shape index (κ2) is 8.43. The van der Waals surface area contributed by atoms with Crippen LogP contribution in [0.3, 0.4) is 0 Å². The number of ether oxygens (including phenoxy) is 1. The molecule has 0 amide bonds. The molecule has 0 heterocycles. The monoisotopic (exact) mass is 364 g/mol. The fraction of sp³-hybridized carbons (Fsp3) is 0.632. The van der Waals surface area contributed by atoms with Crippen LogP contribution in [0.5, 0.6) is 5.75 Å². The van der Waals surface area contributed by atoms with Crippen LogP contribution >= 0.6 is 11.8 Å². The Morgan fingerprint density at radius 1 is 1.40 bits per heavy atom. The van der Waals surface area contributed by atoms with Crippen LogP contribution in [0.4, 0.5) is 0 Å². The van der Waals surface area contributed by atoms with Crippen LogP contribution in [0.2, 0.25) is 0 Å². The summed E-state index contributed by atoms with van der Waals surface area (Å²) in [7, 11) is 1.71. The average Bonchev–Trinajstić information content (AvgIpc) is 3.36. The van der Waals surface area contributed by atoms with Crippen LogP contribution in [0, 0.1) is 5.92 Å². The van der Waals surface area contributed by atoms with E-state index in [1.807, 2.05) is 0 Å². The summed E-state index contributed by atoms with van der Waals surface area (Å²) in [5.74, 6) is 0.946. The summed E-state index contributed by atoms with van der Waals surface area (Å²) in [6, 6.07) is 7.24. The van der Waals surface area contributed by atoms with Crippen LogP contribution in [0.1, 0.15) is 31.2 Å². The van der Waals surface area contributed by atoms with E-state index in [2.05, 4.69) is 34.7 Å². The maximum atomic E-state index is 11.1. The summed E-state index contributed by atoms with van der Waals surface area (Å²) in [5.41, 5.74) is 1.22. The largest absolute Gasteiger partial charge is 0.496 e. The fourth-order valence-electron chi connectivity index (χ4n) is 3.45. The molecule has 0 aliphatic heterocycles. The van der Waals surface area contributed by atoms with Crippen molar-refractivity contribution in [1.82, 2.24) is 10.2 Å². The summed E-state index contributed by atoms with van der Waals surface area (Å²) in [6.07, 6.45) is 6.66. The predicted octanol–water partition coefficient (Wildman–Crippen LogP) is 2.83. The number of carboxylic acids is 1. The number of benzene rings is 1. The van der Waals surface area contributed by atoms with Gasteiger partial charge in [-0.1, -0.05) is 6.07 Å². The smallest absolute Gasteiger partial charge is 0.317 e. The van der Waals surface area contributed by atoms with Crippen LogP contribution < -0.4 is 10.1 Å². The van der Waals surface area contributed by atoms with Gasteiger partial charge in [-0.25, -0.2) is 0 Å². The molecule has 2 aliphatic carbocycles. The third-order valence-electron chi connectivity index (χ3n) is 5.20. The Bertz CT molecular complexity index is 600. The highest BCUT2D eigenvalue weighted by Gasteiger charge is 2.36. The van der Waals surface area contributed by atoms with Gasteiger partial charge in [-0.3, -0.25) is 9.69 Å². The van der Waals surface area contributed by atoms with Gasteiger partial charge in [0.15, 0.2) is 0 Å². The minimum absolute atomic E-state index is 0.182. The number of hydrogen-bond donors (Lipinski definition) is 2. The second-order valence-electron chi connectivity index (χ2n) is 7.16. The van der Waals surface area contributed by atoms with Gasteiger partial charge in [0, 0.05) is 30.1 Å². The first-order chi connectivity index (χ1) is 12.1. The molecule has 2 fully saturated rings. The molecule has 0 unspecified atom stereocenters. The molecule has 2 N–H and O–H groups in total. The Morgan fingerprint density at radius 3 is 2.76 bits per heavy atom. The highest BCUT2D eigenvalue weighted by Crippen LogP contribution is 2.34. The first-order valence-electron chi connectivity index (χ1n) is 8.99. The highest BCUT2D eigenvalue weighted by molar-refractivity contribution is 7.98. The average molecular weight is 365 g/mol. The SMILES string of the molecule is COc1cc(CNC2CC(N(CC(=O)O)CC3CC3)C2)ccc1SC. The molecule has 3 rings (SSSR count). The van der Waals surface area contributed by atoms with E-state index in [4.69, 9.17) is 9.84 Å². The molecule has 1 aromatic rings. The Labute approximate surface area is 154 Å². The Hall–Kier alpha value is -1.24. The number of thioether (sulfide) groups is 1. The number of nitrogens with one attached hydrogen (secondary N) is 1. The van der Waals surface area contributed by atoms with Crippen LogP contribution in [-0.4, -0.2) is 54.5 Å².